The number of rotatable bonds is 4. The zero-order valence-corrected chi connectivity index (χ0v) is 13.8. The molecule has 1 heterocycles. The lowest BCUT2D eigenvalue weighted by Crippen LogP contribution is -2.57. The Morgan fingerprint density at radius 2 is 1.78 bits per heavy atom. The Kier molecular flexibility index (Phi) is 4.88. The minimum Gasteiger partial charge on any atom is -0.484 e. The maximum absolute atomic E-state index is 13.5. The van der Waals surface area contributed by atoms with Crippen LogP contribution in [-0.4, -0.2) is 40.2 Å². The number of hydrazone groups is 1. The van der Waals surface area contributed by atoms with Crippen molar-refractivity contribution in [2.45, 2.75) is 18.3 Å². The van der Waals surface area contributed by atoms with Crippen LogP contribution in [0.5, 0.6) is 5.75 Å². The largest absolute Gasteiger partial charge is 0.484 e. The number of halogens is 4. The van der Waals surface area contributed by atoms with Crippen LogP contribution in [0.3, 0.4) is 0 Å². The molecule has 1 amide bonds. The van der Waals surface area contributed by atoms with Crippen molar-refractivity contribution in [3.05, 3.63) is 66.0 Å². The third kappa shape index (κ3) is 3.77. The number of carbonyl (C=O) groups excluding carboxylic acids is 1. The highest BCUT2D eigenvalue weighted by molar-refractivity contribution is 6.03. The second-order valence-corrected chi connectivity index (χ2v) is 5.85. The van der Waals surface area contributed by atoms with E-state index in [-0.39, 0.29) is 16.5 Å². The number of nitrogens with zero attached hydrogens (tertiary/aromatic N) is 2. The van der Waals surface area contributed by atoms with Crippen molar-refractivity contribution >= 4 is 11.6 Å². The number of hydrogen-bond donors (Lipinski definition) is 1. The number of aliphatic hydroxyl groups is 1. The first-order valence-electron chi connectivity index (χ1n) is 7.84. The molecule has 0 spiro atoms. The molecule has 2 aromatic rings. The maximum Gasteiger partial charge on any atom is 0.438 e. The fourth-order valence-corrected chi connectivity index (χ4v) is 2.56. The number of alkyl halides is 3. The van der Waals surface area contributed by atoms with Crippen molar-refractivity contribution in [3.63, 3.8) is 0 Å². The van der Waals surface area contributed by atoms with Crippen molar-refractivity contribution in [1.82, 2.24) is 5.01 Å². The van der Waals surface area contributed by atoms with Crippen molar-refractivity contribution in [3.8, 4) is 5.75 Å². The Morgan fingerprint density at radius 1 is 1.15 bits per heavy atom. The topological polar surface area (TPSA) is 62.1 Å². The molecule has 0 fully saturated rings. The SMILES string of the molecule is O=C(COc1ccc(F)cc1)N1N=C(c2ccccc2)C[C@]1(O)C(F)(F)F. The molecule has 1 N–H and O–H groups in total. The molecule has 3 rings (SSSR count). The van der Waals surface area contributed by atoms with Gasteiger partial charge in [0, 0.05) is 0 Å². The van der Waals surface area contributed by atoms with E-state index in [1.807, 2.05) is 0 Å². The van der Waals surface area contributed by atoms with Gasteiger partial charge in [0.2, 0.25) is 0 Å². The van der Waals surface area contributed by atoms with Gasteiger partial charge in [-0.3, -0.25) is 4.79 Å². The Hall–Kier alpha value is -2.94. The molecule has 1 aliphatic rings. The summed E-state index contributed by atoms with van der Waals surface area (Å²) < 4.78 is 58.3. The highest BCUT2D eigenvalue weighted by Gasteiger charge is 2.63. The van der Waals surface area contributed by atoms with Crippen LogP contribution < -0.4 is 4.74 Å². The number of benzene rings is 2. The number of amides is 1. The molecular weight excluding hydrogens is 368 g/mol. The van der Waals surface area contributed by atoms with E-state index in [9.17, 15) is 27.5 Å². The van der Waals surface area contributed by atoms with Gasteiger partial charge in [-0.25, -0.2) is 4.39 Å². The van der Waals surface area contributed by atoms with Gasteiger partial charge in [0.05, 0.1) is 12.1 Å². The molecule has 1 aliphatic heterocycles. The second kappa shape index (κ2) is 6.99. The van der Waals surface area contributed by atoms with Gasteiger partial charge in [-0.1, -0.05) is 30.3 Å². The minimum atomic E-state index is -5.13. The normalized spacial score (nSPS) is 19.7. The van der Waals surface area contributed by atoms with Crippen LogP contribution in [-0.2, 0) is 4.79 Å². The minimum absolute atomic E-state index is 0.00113. The van der Waals surface area contributed by atoms with E-state index in [1.54, 1.807) is 18.2 Å². The molecule has 0 aliphatic carbocycles. The molecule has 142 valence electrons. The summed E-state index contributed by atoms with van der Waals surface area (Å²) in [5.74, 6) is -1.63. The van der Waals surface area contributed by atoms with Crippen molar-refractivity contribution in [1.29, 1.82) is 0 Å². The van der Waals surface area contributed by atoms with Gasteiger partial charge in [0.15, 0.2) is 6.61 Å². The molecule has 0 unspecified atom stereocenters. The molecule has 0 radical (unpaired) electrons. The van der Waals surface area contributed by atoms with Crippen molar-refractivity contribution in [2.75, 3.05) is 6.61 Å². The molecular formula is C18H14F4N2O3. The molecule has 9 heteroatoms. The van der Waals surface area contributed by atoms with Crippen LogP contribution in [0.2, 0.25) is 0 Å². The highest BCUT2D eigenvalue weighted by Crippen LogP contribution is 2.41. The smallest absolute Gasteiger partial charge is 0.438 e. The standard InChI is InChI=1S/C18H14F4N2O3/c19-13-6-8-14(9-7-13)27-11-16(25)24-17(26,18(20,21)22)10-15(23-24)12-4-2-1-3-5-12/h1-9,26H,10-11H2/t17-/m0/s1. The van der Waals surface area contributed by atoms with Crippen LogP contribution >= 0.6 is 0 Å². The first-order valence-corrected chi connectivity index (χ1v) is 7.84. The lowest BCUT2D eigenvalue weighted by Gasteiger charge is -2.32. The van der Waals surface area contributed by atoms with Gasteiger partial charge in [-0.05, 0) is 29.8 Å². The third-order valence-electron chi connectivity index (χ3n) is 3.96. The summed E-state index contributed by atoms with van der Waals surface area (Å²) in [6.07, 6.45) is -6.03. The van der Waals surface area contributed by atoms with Gasteiger partial charge in [0.25, 0.3) is 11.6 Å². The Bertz CT molecular complexity index is 853. The third-order valence-corrected chi connectivity index (χ3v) is 3.96. The lowest BCUT2D eigenvalue weighted by atomic mass is 10.0. The summed E-state index contributed by atoms with van der Waals surface area (Å²) in [7, 11) is 0. The molecule has 27 heavy (non-hydrogen) atoms. The average molecular weight is 382 g/mol. The van der Waals surface area contributed by atoms with E-state index >= 15 is 0 Å². The first-order chi connectivity index (χ1) is 12.7. The quantitative estimate of drug-likeness (QED) is 0.827. The number of ether oxygens (including phenoxy) is 1. The van der Waals surface area contributed by atoms with Gasteiger partial charge in [-0.15, -0.1) is 0 Å². The molecule has 0 saturated heterocycles. The van der Waals surface area contributed by atoms with Crippen LogP contribution in [0.1, 0.15) is 12.0 Å². The molecule has 0 aromatic heterocycles. The summed E-state index contributed by atoms with van der Waals surface area (Å²) in [5.41, 5.74) is -3.19. The predicted molar refractivity (Wildman–Crippen MR) is 87.3 cm³/mol. The zero-order valence-electron chi connectivity index (χ0n) is 13.8. The second-order valence-electron chi connectivity index (χ2n) is 5.85. The number of carbonyl (C=O) groups is 1. The summed E-state index contributed by atoms with van der Waals surface area (Å²) in [4.78, 5) is 12.3. The number of hydrogen-bond acceptors (Lipinski definition) is 4. The average Bonchev–Trinajstić information content (AvgIpc) is 3.01. The summed E-state index contributed by atoms with van der Waals surface area (Å²) in [6, 6.07) is 12.5. The molecule has 0 saturated carbocycles. The maximum atomic E-state index is 13.5. The van der Waals surface area contributed by atoms with Gasteiger partial charge in [-0.2, -0.15) is 23.3 Å². The zero-order chi connectivity index (χ0) is 19.7. The van der Waals surface area contributed by atoms with Crippen molar-refractivity contribution in [2.24, 2.45) is 5.10 Å². The van der Waals surface area contributed by atoms with Crippen LogP contribution in [0.4, 0.5) is 17.6 Å². The van der Waals surface area contributed by atoms with Crippen LogP contribution in [0.15, 0.2) is 59.7 Å². The van der Waals surface area contributed by atoms with E-state index in [1.165, 1.54) is 24.3 Å². The van der Waals surface area contributed by atoms with E-state index in [4.69, 9.17) is 4.74 Å². The summed E-state index contributed by atoms with van der Waals surface area (Å²) in [5, 5.41) is 13.9. The van der Waals surface area contributed by atoms with E-state index in [0.717, 1.165) is 12.1 Å². The highest BCUT2D eigenvalue weighted by atomic mass is 19.4. The Morgan fingerprint density at radius 3 is 2.37 bits per heavy atom. The van der Waals surface area contributed by atoms with Gasteiger partial charge < -0.3 is 9.84 Å². The molecule has 2 aromatic carbocycles. The van der Waals surface area contributed by atoms with E-state index in [0.29, 0.717) is 5.56 Å². The Labute approximate surface area is 151 Å². The van der Waals surface area contributed by atoms with Crippen LogP contribution in [0.25, 0.3) is 0 Å². The van der Waals surface area contributed by atoms with Crippen molar-refractivity contribution < 1.29 is 32.2 Å². The van der Waals surface area contributed by atoms with Gasteiger partial charge in [0.1, 0.15) is 11.6 Å². The lowest BCUT2D eigenvalue weighted by molar-refractivity contribution is -0.302. The monoisotopic (exact) mass is 382 g/mol. The first kappa shape index (κ1) is 18.8. The molecule has 1 atom stereocenters. The summed E-state index contributed by atoms with van der Waals surface area (Å²) in [6.45, 7) is -0.810. The van der Waals surface area contributed by atoms with E-state index in [2.05, 4.69) is 5.10 Å². The molecule has 5 nitrogen and oxygen atoms in total. The van der Waals surface area contributed by atoms with Crippen LogP contribution in [0, 0.1) is 5.82 Å². The Balaban J connectivity index is 1.83. The van der Waals surface area contributed by atoms with Gasteiger partial charge >= 0.3 is 6.18 Å². The fraction of sp³-hybridized carbons (Fsp3) is 0.222. The fourth-order valence-electron chi connectivity index (χ4n) is 2.56. The molecule has 0 bridgehead atoms. The van der Waals surface area contributed by atoms with E-state index < -0.39 is 36.7 Å². The predicted octanol–water partition coefficient (Wildman–Crippen LogP) is 3.09. The summed E-state index contributed by atoms with van der Waals surface area (Å²) >= 11 is 0.